The van der Waals surface area contributed by atoms with E-state index in [9.17, 15) is 0 Å². The Morgan fingerprint density at radius 3 is 1.05 bits per heavy atom. The Kier molecular flexibility index (Phi) is 24.2. The minimum atomic E-state index is -0.330. The molecule has 13 rings (SSSR count). The van der Waals surface area contributed by atoms with Gasteiger partial charge in [-0.1, -0.05) is 280 Å². The van der Waals surface area contributed by atoms with Gasteiger partial charge in [0.15, 0.2) is 0 Å². The molecule has 0 saturated carbocycles. The maximum absolute atomic E-state index is 15.5. The third-order valence-electron chi connectivity index (χ3n) is 22.7. The maximum Gasteiger partial charge on any atom is 0.261 e. The average molecular weight is 1380 g/mol. The number of benzene rings is 9. The molecule has 0 N–H and O–H groups in total. The highest BCUT2D eigenvalue weighted by Crippen LogP contribution is 2.49. The van der Waals surface area contributed by atoms with Gasteiger partial charge in [-0.2, -0.15) is 0 Å². The molecule has 0 bridgehead atoms. The number of amides is 4. The maximum atomic E-state index is 15.5. The zero-order valence-corrected chi connectivity index (χ0v) is 62.8. The van der Waals surface area contributed by atoms with Crippen LogP contribution in [0, 0.1) is 35.5 Å². The number of carbonyl (C=O) groups is 4. The van der Waals surface area contributed by atoms with Crippen molar-refractivity contribution in [2.45, 2.75) is 234 Å². The van der Waals surface area contributed by atoms with Crippen LogP contribution in [-0.4, -0.2) is 65.6 Å². The summed E-state index contributed by atoms with van der Waals surface area (Å²) in [5.41, 5.74) is 10.8. The summed E-state index contributed by atoms with van der Waals surface area (Å²) in [5.74, 6) is 15.3. The topological polar surface area (TPSA) is 110 Å². The fourth-order valence-electron chi connectivity index (χ4n) is 16.7. The van der Waals surface area contributed by atoms with E-state index < -0.39 is 0 Å². The fraction of sp³-hybridized carbons (Fsp3) is 0.426. The summed E-state index contributed by atoms with van der Waals surface area (Å²) in [6.45, 7) is 15.6. The van der Waals surface area contributed by atoms with Crippen molar-refractivity contribution in [3.63, 3.8) is 0 Å². The summed E-state index contributed by atoms with van der Waals surface area (Å²) in [6, 6.07) is 45.2. The third kappa shape index (κ3) is 15.4. The van der Waals surface area contributed by atoms with Gasteiger partial charge in [0.1, 0.15) is 11.6 Å². The summed E-state index contributed by atoms with van der Waals surface area (Å²) in [6.07, 6.45) is 33.1. The van der Waals surface area contributed by atoms with E-state index in [-0.39, 0.29) is 35.5 Å². The first-order chi connectivity index (χ1) is 51.1. The highest BCUT2D eigenvalue weighted by molar-refractivity contribution is 6.42. The first-order valence-corrected chi connectivity index (χ1v) is 40.2. The Bertz CT molecular complexity index is 4710. The highest BCUT2D eigenvalue weighted by Gasteiger charge is 2.39. The number of hydrogen-bond donors (Lipinski definition) is 0. The van der Waals surface area contributed by atoms with Crippen molar-refractivity contribution in [1.82, 2.24) is 28.9 Å². The van der Waals surface area contributed by atoms with Gasteiger partial charge >= 0.3 is 0 Å². The Labute approximate surface area is 617 Å². The molecule has 4 amide bonds. The van der Waals surface area contributed by atoms with E-state index >= 15 is 19.2 Å². The van der Waals surface area contributed by atoms with Crippen molar-refractivity contribution in [2.24, 2.45) is 11.8 Å². The van der Waals surface area contributed by atoms with Gasteiger partial charge < -0.3 is 9.13 Å². The molecule has 2 aliphatic heterocycles. The van der Waals surface area contributed by atoms with Crippen LogP contribution in [0.15, 0.2) is 133 Å². The molecule has 536 valence electrons. The number of para-hydroxylation sites is 4. The van der Waals surface area contributed by atoms with Gasteiger partial charge in [-0.3, -0.25) is 29.0 Å². The Hall–Kier alpha value is -9.38. The molecule has 0 saturated heterocycles. The lowest BCUT2D eigenvalue weighted by Gasteiger charge is -2.33. The quantitative estimate of drug-likeness (QED) is 0.0127. The number of aromatic nitrogens is 4. The van der Waals surface area contributed by atoms with Crippen molar-refractivity contribution < 1.29 is 19.2 Å². The molecule has 0 spiro atoms. The second-order valence-electron chi connectivity index (χ2n) is 30.0. The lowest BCUT2D eigenvalue weighted by molar-refractivity contribution is 0.0565. The highest BCUT2D eigenvalue weighted by atomic mass is 16.2. The molecule has 0 fully saturated rings. The van der Waals surface area contributed by atoms with Crippen LogP contribution in [0.1, 0.15) is 285 Å². The Morgan fingerprint density at radius 1 is 0.337 bits per heavy atom. The lowest BCUT2D eigenvalue weighted by atomic mass is 9.79. The number of imide groups is 2. The van der Waals surface area contributed by atoms with Crippen LogP contribution < -0.4 is 0 Å². The molecule has 2 unspecified atom stereocenters. The van der Waals surface area contributed by atoms with Crippen molar-refractivity contribution in [1.29, 1.82) is 0 Å². The van der Waals surface area contributed by atoms with E-state index in [0.717, 1.165) is 166 Å². The van der Waals surface area contributed by atoms with Crippen LogP contribution in [0.3, 0.4) is 0 Å². The summed E-state index contributed by atoms with van der Waals surface area (Å²) >= 11 is 0. The molecular formula is C94H106N6O4. The molecule has 9 aromatic carbocycles. The van der Waals surface area contributed by atoms with Gasteiger partial charge in [0.25, 0.3) is 23.6 Å². The number of unbranched alkanes of at least 4 members (excludes halogenated alkanes) is 20. The van der Waals surface area contributed by atoms with E-state index in [4.69, 9.17) is 9.97 Å². The molecule has 2 aromatic heterocycles. The molecular weight excluding hydrogens is 1280 g/mol. The number of carbonyl (C=O) groups excluding carboxylic acids is 4. The molecule has 10 nitrogen and oxygen atoms in total. The third-order valence-corrected chi connectivity index (χ3v) is 22.7. The smallest absolute Gasteiger partial charge is 0.261 e. The van der Waals surface area contributed by atoms with Gasteiger partial charge in [0.05, 0.1) is 22.1 Å². The number of fused-ring (bicyclic) bond motifs is 4. The van der Waals surface area contributed by atoms with Gasteiger partial charge in [0.2, 0.25) is 0 Å². The Morgan fingerprint density at radius 2 is 0.683 bits per heavy atom. The first kappa shape index (κ1) is 73.0. The van der Waals surface area contributed by atoms with E-state index in [0.29, 0.717) is 57.2 Å². The van der Waals surface area contributed by atoms with Crippen molar-refractivity contribution in [2.75, 3.05) is 13.1 Å². The van der Waals surface area contributed by atoms with E-state index in [1.807, 2.05) is 36.4 Å². The predicted octanol–water partition coefficient (Wildman–Crippen LogP) is 24.0. The molecule has 10 heteroatoms. The minimum Gasteiger partial charge on any atom is -0.324 e. The molecule has 0 radical (unpaired) electrons. The summed E-state index contributed by atoms with van der Waals surface area (Å²) in [5, 5.41) is 5.69. The predicted molar refractivity (Wildman–Crippen MR) is 431 cm³/mol. The van der Waals surface area contributed by atoms with Gasteiger partial charge in [0, 0.05) is 114 Å². The summed E-state index contributed by atoms with van der Waals surface area (Å²) in [4.78, 5) is 74.9. The number of hydrogen-bond acceptors (Lipinski definition) is 6. The number of aryl methyl sites for hydroxylation is 2. The summed E-state index contributed by atoms with van der Waals surface area (Å²) < 4.78 is 4.76. The van der Waals surface area contributed by atoms with Crippen molar-refractivity contribution in [3.05, 3.63) is 178 Å². The molecule has 0 aliphatic carbocycles. The van der Waals surface area contributed by atoms with Crippen LogP contribution in [0.2, 0.25) is 0 Å². The average Bonchev–Trinajstić information content (AvgIpc) is 0.788. The van der Waals surface area contributed by atoms with Crippen LogP contribution in [-0.2, 0) is 13.1 Å². The van der Waals surface area contributed by atoms with Gasteiger partial charge in [-0.25, -0.2) is 9.97 Å². The molecule has 11 aromatic rings. The van der Waals surface area contributed by atoms with Crippen molar-refractivity contribution in [3.8, 4) is 46.5 Å². The molecule has 104 heavy (non-hydrogen) atoms. The largest absolute Gasteiger partial charge is 0.324 e. The second kappa shape index (κ2) is 34.5. The summed E-state index contributed by atoms with van der Waals surface area (Å²) in [7, 11) is 0. The van der Waals surface area contributed by atoms with E-state index in [1.54, 1.807) is 0 Å². The fourth-order valence-corrected chi connectivity index (χ4v) is 16.7. The number of imidazole rings is 2. The van der Waals surface area contributed by atoms with Gasteiger partial charge in [-0.05, 0) is 121 Å². The second-order valence-corrected chi connectivity index (χ2v) is 30.0. The Balaban J connectivity index is 0.914. The SMILES string of the molecule is CCCCCCCCCCCCn1c(-c2ccc(C#Cc3cc4c5c(ccc6c7c(C#Cc8ccc(-c9nc%10ccccc%10n9CCCCCCCCCCCC)cc8)cc8c9c(ccc(c3c56)c97)C(=O)N(CC(CC)CCCC)C8=O)C(=O)N(CC(CC)CCCC)C4=O)cc2)nc2ccccc21. The minimum absolute atomic E-state index is 0.146. The number of nitrogens with zero attached hydrogens (tertiary/aromatic N) is 6. The normalized spacial score (nSPS) is 13.6. The van der Waals surface area contributed by atoms with Crippen LogP contribution in [0.4, 0.5) is 0 Å². The van der Waals surface area contributed by atoms with Gasteiger partial charge in [-0.15, -0.1) is 0 Å². The van der Waals surface area contributed by atoms with Crippen LogP contribution in [0.25, 0.3) is 87.9 Å². The lowest BCUT2D eigenvalue weighted by Crippen LogP contribution is -2.43. The molecule has 4 heterocycles. The van der Waals surface area contributed by atoms with E-state index in [2.05, 4.69) is 171 Å². The van der Waals surface area contributed by atoms with Crippen LogP contribution >= 0.6 is 0 Å². The number of rotatable bonds is 36. The monoisotopic (exact) mass is 1380 g/mol. The van der Waals surface area contributed by atoms with E-state index in [1.165, 1.54) is 125 Å². The molecule has 2 atom stereocenters. The van der Waals surface area contributed by atoms with Crippen molar-refractivity contribution >= 4 is 88.8 Å². The molecule has 2 aliphatic rings. The first-order valence-electron chi connectivity index (χ1n) is 40.2. The van der Waals surface area contributed by atoms with Crippen LogP contribution in [0.5, 0.6) is 0 Å². The zero-order chi connectivity index (χ0) is 72.1. The standard InChI is InChI=1S/C94H106N6O4/c1-7-13-17-19-21-23-25-27-29-35-59-97-81-41-33-31-39-79(81)95-89(97)69-49-43-67(44-50-69)47-53-71-61-77-85-75(91(101)99(93(77)103)63-65(11-5)37-15-9-3)58-56-74-84-72(62-78-86-76(57-55-73(88(84)86)83(71)87(74)85)92(102)100(94(78)104)64-66(12-6)38-16-10-4)54-48-68-45-51-70(52-46-68)90-96-80-40-32-34-42-82(80)98(90)60-36-30-28-26-24-22-20-18-14-8-2/h31-34,39-46,49-52,55-58,61-62,65-66H,7-30,35-38,59-60,63-64H2,1-6H3. The zero-order valence-electron chi connectivity index (χ0n) is 62.8.